The molecule has 21 heavy (non-hydrogen) atoms. The lowest BCUT2D eigenvalue weighted by molar-refractivity contribution is -0.128. The van der Waals surface area contributed by atoms with Crippen molar-refractivity contribution >= 4 is 17.5 Å². The van der Waals surface area contributed by atoms with Gasteiger partial charge in [0.05, 0.1) is 0 Å². The molecule has 2 saturated carbocycles. The fourth-order valence-corrected chi connectivity index (χ4v) is 3.31. The van der Waals surface area contributed by atoms with Crippen molar-refractivity contribution in [3.8, 4) is 0 Å². The maximum Gasteiger partial charge on any atom is 0.227 e. The lowest BCUT2D eigenvalue weighted by Crippen LogP contribution is -2.23. The summed E-state index contributed by atoms with van der Waals surface area (Å²) < 4.78 is 0. The minimum atomic E-state index is 0.0367. The summed E-state index contributed by atoms with van der Waals surface area (Å²) in [6.07, 6.45) is 3.45. The Balaban J connectivity index is 1.60. The Kier molecular flexibility index (Phi) is 3.70. The first kappa shape index (κ1) is 14.1. The molecule has 4 nitrogen and oxygen atoms in total. The molecule has 0 bridgehead atoms. The molecule has 0 heterocycles. The van der Waals surface area contributed by atoms with Crippen molar-refractivity contribution in [3.63, 3.8) is 0 Å². The Morgan fingerprint density at radius 3 is 2.62 bits per heavy atom. The Hall–Kier alpha value is -1.84. The largest absolute Gasteiger partial charge is 0.342 e. The summed E-state index contributed by atoms with van der Waals surface area (Å²) in [5.41, 5.74) is 1.86. The molecule has 0 spiro atoms. The molecular weight excluding hydrogens is 264 g/mol. The van der Waals surface area contributed by atoms with E-state index in [9.17, 15) is 9.59 Å². The van der Waals surface area contributed by atoms with Crippen LogP contribution in [0.5, 0.6) is 0 Å². The van der Waals surface area contributed by atoms with E-state index in [2.05, 4.69) is 5.32 Å². The number of fused-ring (bicyclic) bond motifs is 1. The summed E-state index contributed by atoms with van der Waals surface area (Å²) in [5.74, 6) is 2.01. The van der Waals surface area contributed by atoms with E-state index < -0.39 is 0 Å². The van der Waals surface area contributed by atoms with Crippen LogP contribution in [0.1, 0.15) is 31.7 Å². The lowest BCUT2D eigenvalue weighted by Gasteiger charge is -2.16. The molecule has 112 valence electrons. The SMILES string of the molecule is CC(=O)N(C)Cc1cccc(NC(=O)C2CC3CC3C2)c1. The summed E-state index contributed by atoms with van der Waals surface area (Å²) in [6, 6.07) is 7.75. The average Bonchev–Trinajstić information content (AvgIpc) is 3.05. The predicted molar refractivity (Wildman–Crippen MR) is 81.5 cm³/mol. The first-order valence-electron chi connectivity index (χ1n) is 7.64. The van der Waals surface area contributed by atoms with E-state index in [0.29, 0.717) is 6.54 Å². The van der Waals surface area contributed by atoms with Gasteiger partial charge in [0.1, 0.15) is 0 Å². The van der Waals surface area contributed by atoms with Crippen LogP contribution in [0.25, 0.3) is 0 Å². The second kappa shape index (κ2) is 5.51. The maximum atomic E-state index is 12.2. The molecule has 0 radical (unpaired) electrons. The molecule has 0 aliphatic heterocycles. The van der Waals surface area contributed by atoms with Gasteiger partial charge in [-0.2, -0.15) is 0 Å². The Morgan fingerprint density at radius 2 is 1.95 bits per heavy atom. The number of benzene rings is 1. The molecule has 0 saturated heterocycles. The van der Waals surface area contributed by atoms with Gasteiger partial charge in [-0.3, -0.25) is 9.59 Å². The fourth-order valence-electron chi connectivity index (χ4n) is 3.31. The number of hydrogen-bond acceptors (Lipinski definition) is 2. The van der Waals surface area contributed by atoms with Crippen molar-refractivity contribution in [2.75, 3.05) is 12.4 Å². The smallest absolute Gasteiger partial charge is 0.227 e. The van der Waals surface area contributed by atoms with Crippen molar-refractivity contribution in [2.24, 2.45) is 17.8 Å². The molecule has 4 heteroatoms. The van der Waals surface area contributed by atoms with E-state index in [1.54, 1.807) is 18.9 Å². The first-order valence-corrected chi connectivity index (χ1v) is 7.64. The number of carbonyl (C=O) groups excluding carboxylic acids is 2. The van der Waals surface area contributed by atoms with Crippen molar-refractivity contribution in [1.29, 1.82) is 0 Å². The number of nitrogens with one attached hydrogen (secondary N) is 1. The lowest BCUT2D eigenvalue weighted by atomic mass is 10.0. The van der Waals surface area contributed by atoms with E-state index in [1.807, 2.05) is 24.3 Å². The van der Waals surface area contributed by atoms with Crippen molar-refractivity contribution in [2.45, 2.75) is 32.7 Å². The zero-order valence-corrected chi connectivity index (χ0v) is 12.6. The summed E-state index contributed by atoms with van der Waals surface area (Å²) >= 11 is 0. The second-order valence-electron chi connectivity index (χ2n) is 6.49. The van der Waals surface area contributed by atoms with Gasteiger partial charge >= 0.3 is 0 Å². The Bertz CT molecular complexity index is 560. The normalized spacial score (nSPS) is 26.1. The van der Waals surface area contributed by atoms with Crippen LogP contribution in [0.4, 0.5) is 5.69 Å². The van der Waals surface area contributed by atoms with Gasteiger partial charge in [-0.25, -0.2) is 0 Å². The van der Waals surface area contributed by atoms with Crippen LogP contribution in [0.2, 0.25) is 0 Å². The van der Waals surface area contributed by atoms with Gasteiger partial charge in [0.2, 0.25) is 11.8 Å². The molecule has 2 fully saturated rings. The van der Waals surface area contributed by atoms with Gasteiger partial charge in [-0.05, 0) is 48.8 Å². The Morgan fingerprint density at radius 1 is 1.24 bits per heavy atom. The molecule has 2 atom stereocenters. The van der Waals surface area contributed by atoms with Crippen LogP contribution in [-0.2, 0) is 16.1 Å². The number of anilines is 1. The number of carbonyl (C=O) groups is 2. The van der Waals surface area contributed by atoms with Crippen molar-refractivity contribution < 1.29 is 9.59 Å². The van der Waals surface area contributed by atoms with Crippen LogP contribution >= 0.6 is 0 Å². The van der Waals surface area contributed by atoms with Gasteiger partial charge in [-0.15, -0.1) is 0 Å². The Labute approximate surface area is 125 Å². The number of nitrogens with zero attached hydrogens (tertiary/aromatic N) is 1. The molecule has 2 aliphatic rings. The van der Waals surface area contributed by atoms with E-state index in [-0.39, 0.29) is 17.7 Å². The molecule has 0 aromatic heterocycles. The van der Waals surface area contributed by atoms with Crippen molar-refractivity contribution in [1.82, 2.24) is 4.90 Å². The summed E-state index contributed by atoms with van der Waals surface area (Å²) in [6.45, 7) is 2.11. The predicted octanol–water partition coefficient (Wildman–Crippen LogP) is 2.65. The van der Waals surface area contributed by atoms with Crippen LogP contribution in [0.15, 0.2) is 24.3 Å². The minimum Gasteiger partial charge on any atom is -0.342 e. The molecule has 2 amide bonds. The highest BCUT2D eigenvalue weighted by atomic mass is 16.2. The monoisotopic (exact) mass is 286 g/mol. The summed E-state index contributed by atoms with van der Waals surface area (Å²) in [7, 11) is 1.78. The summed E-state index contributed by atoms with van der Waals surface area (Å²) in [4.78, 5) is 25.2. The average molecular weight is 286 g/mol. The standard InChI is InChI=1S/C17H22N2O2/c1-11(20)19(2)10-12-4-3-5-16(6-12)18-17(21)15-8-13-7-14(13)9-15/h3-6,13-15H,7-10H2,1-2H3,(H,18,21). The molecular formula is C17H22N2O2. The van der Waals surface area contributed by atoms with Crippen LogP contribution in [0, 0.1) is 17.8 Å². The van der Waals surface area contributed by atoms with Gasteiger partial charge in [0.25, 0.3) is 0 Å². The summed E-state index contributed by atoms with van der Waals surface area (Å²) in [5, 5.41) is 3.03. The van der Waals surface area contributed by atoms with Gasteiger partial charge in [0, 0.05) is 32.1 Å². The van der Waals surface area contributed by atoms with E-state index >= 15 is 0 Å². The van der Waals surface area contributed by atoms with Crippen molar-refractivity contribution in [3.05, 3.63) is 29.8 Å². The highest BCUT2D eigenvalue weighted by molar-refractivity contribution is 5.93. The molecule has 1 aromatic rings. The molecule has 1 aromatic carbocycles. The molecule has 2 aliphatic carbocycles. The highest BCUT2D eigenvalue weighted by Crippen LogP contribution is 2.54. The third-order valence-electron chi connectivity index (χ3n) is 4.77. The van der Waals surface area contributed by atoms with Crippen LogP contribution in [-0.4, -0.2) is 23.8 Å². The van der Waals surface area contributed by atoms with E-state index in [1.165, 1.54) is 6.42 Å². The zero-order valence-electron chi connectivity index (χ0n) is 12.6. The van der Waals surface area contributed by atoms with Crippen LogP contribution in [0.3, 0.4) is 0 Å². The highest BCUT2D eigenvalue weighted by Gasteiger charge is 2.47. The first-order chi connectivity index (χ1) is 10.0. The number of amides is 2. The van der Waals surface area contributed by atoms with E-state index in [4.69, 9.17) is 0 Å². The topological polar surface area (TPSA) is 49.4 Å². The van der Waals surface area contributed by atoms with Gasteiger partial charge < -0.3 is 10.2 Å². The van der Waals surface area contributed by atoms with Crippen LogP contribution < -0.4 is 5.32 Å². The molecule has 2 unspecified atom stereocenters. The fraction of sp³-hybridized carbons (Fsp3) is 0.529. The molecule has 3 rings (SSSR count). The number of rotatable bonds is 4. The second-order valence-corrected chi connectivity index (χ2v) is 6.49. The molecule has 1 N–H and O–H groups in total. The minimum absolute atomic E-state index is 0.0367. The van der Waals surface area contributed by atoms with Gasteiger partial charge in [-0.1, -0.05) is 12.1 Å². The van der Waals surface area contributed by atoms with E-state index in [0.717, 1.165) is 35.9 Å². The zero-order chi connectivity index (χ0) is 15.0. The quantitative estimate of drug-likeness (QED) is 0.925. The number of hydrogen-bond donors (Lipinski definition) is 1. The third kappa shape index (κ3) is 3.26. The maximum absolute atomic E-state index is 12.2. The van der Waals surface area contributed by atoms with Gasteiger partial charge in [0.15, 0.2) is 0 Å². The third-order valence-corrected chi connectivity index (χ3v) is 4.77.